The van der Waals surface area contributed by atoms with E-state index in [1.165, 1.54) is 6.07 Å². The molecule has 1 atom stereocenters. The third-order valence-electron chi connectivity index (χ3n) is 4.29. The molecule has 2 aromatic carbocycles. The van der Waals surface area contributed by atoms with Gasteiger partial charge in [0.25, 0.3) is 0 Å². The van der Waals surface area contributed by atoms with Crippen LogP contribution >= 0.6 is 15.9 Å². The van der Waals surface area contributed by atoms with E-state index in [4.69, 9.17) is 0 Å². The second kappa shape index (κ2) is 6.49. The van der Waals surface area contributed by atoms with E-state index in [0.29, 0.717) is 6.54 Å². The first-order chi connectivity index (χ1) is 10.5. The highest BCUT2D eigenvalue weighted by molar-refractivity contribution is 9.10. The number of hydrogen-bond acceptors (Lipinski definition) is 2. The molecule has 1 fully saturated rings. The molecule has 116 valence electrons. The molecule has 1 aliphatic heterocycles. The van der Waals surface area contributed by atoms with Crippen molar-refractivity contribution in [2.45, 2.75) is 18.4 Å². The summed E-state index contributed by atoms with van der Waals surface area (Å²) in [6.07, 6.45) is 1.53. The van der Waals surface area contributed by atoms with Gasteiger partial charge in [-0.05, 0) is 48.2 Å². The average Bonchev–Trinajstić information content (AvgIpc) is 2.88. The molecular formula is C18H19BrFNO. The molecule has 2 aromatic rings. The van der Waals surface area contributed by atoms with Crippen LogP contribution in [-0.2, 0) is 12.0 Å². The topological polar surface area (TPSA) is 23.5 Å². The number of likely N-dealkylation sites (tertiary alicyclic amines) is 1. The molecule has 0 spiro atoms. The van der Waals surface area contributed by atoms with E-state index in [2.05, 4.69) is 20.8 Å². The monoisotopic (exact) mass is 363 g/mol. The predicted molar refractivity (Wildman–Crippen MR) is 89.2 cm³/mol. The molecule has 1 N–H and O–H groups in total. The number of nitrogens with zero attached hydrogens (tertiary/aromatic N) is 1. The van der Waals surface area contributed by atoms with Crippen LogP contribution in [0.2, 0.25) is 0 Å². The second-order valence-corrected chi connectivity index (χ2v) is 6.86. The van der Waals surface area contributed by atoms with Gasteiger partial charge in [-0.15, -0.1) is 0 Å². The second-order valence-electron chi connectivity index (χ2n) is 5.95. The SMILES string of the molecule is OC1(c2cccc(Br)c2)CCN(CCc2cccc(F)c2)C1. The van der Waals surface area contributed by atoms with Crippen LogP contribution in [0.1, 0.15) is 17.5 Å². The third-order valence-corrected chi connectivity index (χ3v) is 4.79. The van der Waals surface area contributed by atoms with Crippen LogP contribution in [0, 0.1) is 5.82 Å². The summed E-state index contributed by atoms with van der Waals surface area (Å²) in [6, 6.07) is 14.6. The van der Waals surface area contributed by atoms with Gasteiger partial charge in [-0.1, -0.05) is 40.2 Å². The van der Waals surface area contributed by atoms with Gasteiger partial charge in [0.15, 0.2) is 0 Å². The molecule has 3 rings (SSSR count). The normalized spacial score (nSPS) is 22.1. The summed E-state index contributed by atoms with van der Waals surface area (Å²) < 4.78 is 14.2. The van der Waals surface area contributed by atoms with Gasteiger partial charge in [-0.25, -0.2) is 4.39 Å². The van der Waals surface area contributed by atoms with Gasteiger partial charge in [-0.3, -0.25) is 4.90 Å². The molecule has 2 nitrogen and oxygen atoms in total. The molecule has 0 saturated carbocycles. The van der Waals surface area contributed by atoms with Crippen molar-refractivity contribution in [2.24, 2.45) is 0 Å². The van der Waals surface area contributed by atoms with Crippen molar-refractivity contribution in [3.63, 3.8) is 0 Å². The maximum absolute atomic E-state index is 13.2. The Morgan fingerprint density at radius 2 is 2.00 bits per heavy atom. The van der Waals surface area contributed by atoms with Crippen LogP contribution in [0.4, 0.5) is 4.39 Å². The Hall–Kier alpha value is -1.23. The fourth-order valence-electron chi connectivity index (χ4n) is 3.06. The molecule has 1 unspecified atom stereocenters. The summed E-state index contributed by atoms with van der Waals surface area (Å²) in [6.45, 7) is 2.32. The maximum Gasteiger partial charge on any atom is 0.123 e. The van der Waals surface area contributed by atoms with Crippen molar-refractivity contribution in [2.75, 3.05) is 19.6 Å². The molecule has 0 bridgehead atoms. The molecule has 0 aliphatic carbocycles. The largest absolute Gasteiger partial charge is 0.384 e. The number of aliphatic hydroxyl groups is 1. The van der Waals surface area contributed by atoms with Gasteiger partial charge < -0.3 is 5.11 Å². The molecule has 0 amide bonds. The predicted octanol–water partition coefficient (Wildman–Crippen LogP) is 3.72. The lowest BCUT2D eigenvalue weighted by molar-refractivity contribution is 0.0462. The van der Waals surface area contributed by atoms with Crippen LogP contribution in [0.5, 0.6) is 0 Å². The number of rotatable bonds is 4. The molecule has 0 radical (unpaired) electrons. The molecule has 1 aliphatic rings. The smallest absolute Gasteiger partial charge is 0.123 e. The van der Waals surface area contributed by atoms with Gasteiger partial charge in [0, 0.05) is 24.1 Å². The first kappa shape index (κ1) is 15.7. The fourth-order valence-corrected chi connectivity index (χ4v) is 3.45. The molecular weight excluding hydrogens is 345 g/mol. The summed E-state index contributed by atoms with van der Waals surface area (Å²) in [7, 11) is 0. The summed E-state index contributed by atoms with van der Waals surface area (Å²) >= 11 is 3.46. The van der Waals surface area contributed by atoms with Crippen molar-refractivity contribution in [1.82, 2.24) is 4.90 Å². The number of halogens is 2. The minimum atomic E-state index is -0.786. The summed E-state index contributed by atoms with van der Waals surface area (Å²) in [5, 5.41) is 10.9. The highest BCUT2D eigenvalue weighted by Gasteiger charge is 2.37. The summed E-state index contributed by atoms with van der Waals surface area (Å²) in [5.74, 6) is -0.190. The molecule has 1 saturated heterocycles. The minimum absolute atomic E-state index is 0.190. The average molecular weight is 364 g/mol. The van der Waals surface area contributed by atoms with Gasteiger partial charge in [0.05, 0.1) is 0 Å². The van der Waals surface area contributed by atoms with E-state index in [1.807, 2.05) is 30.3 Å². The lowest BCUT2D eigenvalue weighted by Crippen LogP contribution is -2.31. The maximum atomic E-state index is 13.2. The van der Waals surface area contributed by atoms with Crippen molar-refractivity contribution in [1.29, 1.82) is 0 Å². The van der Waals surface area contributed by atoms with Crippen LogP contribution in [0.15, 0.2) is 53.0 Å². The Kier molecular flexibility index (Phi) is 4.62. The van der Waals surface area contributed by atoms with Gasteiger partial charge in [-0.2, -0.15) is 0 Å². The Balaban J connectivity index is 1.62. The number of hydrogen-bond donors (Lipinski definition) is 1. The van der Waals surface area contributed by atoms with Crippen molar-refractivity contribution in [3.8, 4) is 0 Å². The highest BCUT2D eigenvalue weighted by Crippen LogP contribution is 2.33. The Morgan fingerprint density at radius 1 is 1.18 bits per heavy atom. The van der Waals surface area contributed by atoms with Crippen molar-refractivity contribution >= 4 is 15.9 Å². The van der Waals surface area contributed by atoms with Crippen molar-refractivity contribution in [3.05, 3.63) is 69.9 Å². The Labute approximate surface area is 138 Å². The zero-order valence-corrected chi connectivity index (χ0v) is 13.9. The summed E-state index contributed by atoms with van der Waals surface area (Å²) in [4.78, 5) is 2.24. The van der Waals surface area contributed by atoms with E-state index in [0.717, 1.165) is 41.5 Å². The van der Waals surface area contributed by atoms with Crippen LogP contribution in [-0.4, -0.2) is 29.6 Å². The lowest BCUT2D eigenvalue weighted by atomic mass is 9.93. The zero-order chi connectivity index (χ0) is 15.6. The number of β-amino-alcohol motifs (C(OH)–C–C–N with tert-alkyl or cyclic N) is 1. The first-order valence-electron chi connectivity index (χ1n) is 7.50. The third kappa shape index (κ3) is 3.57. The number of benzene rings is 2. The van der Waals surface area contributed by atoms with E-state index < -0.39 is 5.60 Å². The van der Waals surface area contributed by atoms with E-state index in [-0.39, 0.29) is 5.82 Å². The Morgan fingerprint density at radius 3 is 2.77 bits per heavy atom. The van der Waals surface area contributed by atoms with Crippen LogP contribution in [0.3, 0.4) is 0 Å². The van der Waals surface area contributed by atoms with Gasteiger partial charge in [0.1, 0.15) is 11.4 Å². The van der Waals surface area contributed by atoms with Gasteiger partial charge in [0.2, 0.25) is 0 Å². The van der Waals surface area contributed by atoms with Crippen LogP contribution in [0.25, 0.3) is 0 Å². The van der Waals surface area contributed by atoms with E-state index >= 15 is 0 Å². The molecule has 22 heavy (non-hydrogen) atoms. The van der Waals surface area contributed by atoms with E-state index in [9.17, 15) is 9.50 Å². The van der Waals surface area contributed by atoms with Crippen molar-refractivity contribution < 1.29 is 9.50 Å². The molecule has 1 heterocycles. The van der Waals surface area contributed by atoms with Crippen LogP contribution < -0.4 is 0 Å². The zero-order valence-electron chi connectivity index (χ0n) is 12.3. The standard InChI is InChI=1S/C18H19BrFNO/c19-16-5-2-4-15(12-16)18(22)8-10-21(13-18)9-7-14-3-1-6-17(20)11-14/h1-6,11-12,22H,7-10,13H2. The van der Waals surface area contributed by atoms with E-state index in [1.54, 1.807) is 12.1 Å². The van der Waals surface area contributed by atoms with Gasteiger partial charge >= 0.3 is 0 Å². The molecule has 0 aromatic heterocycles. The Bertz CT molecular complexity index is 663. The lowest BCUT2D eigenvalue weighted by Gasteiger charge is -2.24. The quantitative estimate of drug-likeness (QED) is 0.894. The summed E-state index contributed by atoms with van der Waals surface area (Å²) in [5.41, 5.74) is 1.17. The molecule has 4 heteroatoms. The fraction of sp³-hybridized carbons (Fsp3) is 0.333. The highest BCUT2D eigenvalue weighted by atomic mass is 79.9. The first-order valence-corrected chi connectivity index (χ1v) is 8.30. The minimum Gasteiger partial charge on any atom is -0.384 e.